The molecule has 24 heavy (non-hydrogen) atoms. The van der Waals surface area contributed by atoms with Gasteiger partial charge >= 0.3 is 0 Å². The third-order valence-corrected chi connectivity index (χ3v) is 4.87. The molecular weight excluding hydrogens is 300 g/mol. The average Bonchev–Trinajstić information content (AvgIpc) is 2.80. The Morgan fingerprint density at radius 3 is 2.67 bits per heavy atom. The number of carbonyl (C=O) groups excluding carboxylic acids is 1. The summed E-state index contributed by atoms with van der Waals surface area (Å²) in [6.45, 7) is 2.04. The van der Waals surface area contributed by atoms with E-state index < -0.39 is 0 Å². The molecule has 0 saturated heterocycles. The molecule has 1 aliphatic rings. The molecule has 1 aromatic carbocycles. The Bertz CT molecular complexity index is 889. The zero-order valence-electron chi connectivity index (χ0n) is 14.0. The fourth-order valence-electron chi connectivity index (χ4n) is 3.53. The number of hydrogen-bond acceptors (Lipinski definition) is 3. The lowest BCUT2D eigenvalue weighted by atomic mass is 10.1. The molecule has 0 bridgehead atoms. The first-order valence-corrected chi connectivity index (χ1v) is 8.81. The van der Waals surface area contributed by atoms with Crippen LogP contribution in [0.4, 0.5) is 0 Å². The number of rotatable bonds is 2. The van der Waals surface area contributed by atoms with E-state index in [-0.39, 0.29) is 11.9 Å². The van der Waals surface area contributed by atoms with E-state index in [1.807, 2.05) is 19.1 Å². The summed E-state index contributed by atoms with van der Waals surface area (Å²) in [5, 5.41) is 5.06. The van der Waals surface area contributed by atoms with E-state index in [2.05, 4.69) is 22.4 Å². The largest absolute Gasteiger partial charge is 0.433 e. The normalized spacial score (nSPS) is 16.4. The van der Waals surface area contributed by atoms with Crippen LogP contribution < -0.4 is 5.32 Å². The maximum absolute atomic E-state index is 12.5. The van der Waals surface area contributed by atoms with Gasteiger partial charge in [-0.3, -0.25) is 4.79 Å². The number of furan rings is 1. The van der Waals surface area contributed by atoms with Crippen LogP contribution in [-0.2, 0) is 0 Å². The molecule has 0 atom stereocenters. The monoisotopic (exact) mass is 322 g/mol. The smallest absolute Gasteiger partial charge is 0.287 e. The van der Waals surface area contributed by atoms with Gasteiger partial charge in [-0.15, -0.1) is 0 Å². The molecule has 1 N–H and O–H groups in total. The predicted octanol–water partition coefficient (Wildman–Crippen LogP) is 4.74. The van der Waals surface area contributed by atoms with Crippen LogP contribution >= 0.6 is 0 Å². The second-order valence-electron chi connectivity index (χ2n) is 6.85. The highest BCUT2D eigenvalue weighted by atomic mass is 16.4. The summed E-state index contributed by atoms with van der Waals surface area (Å²) in [6.07, 6.45) is 7.05. The molecule has 4 heteroatoms. The topological polar surface area (TPSA) is 55.1 Å². The van der Waals surface area contributed by atoms with Gasteiger partial charge in [0.1, 0.15) is 0 Å². The van der Waals surface area contributed by atoms with Gasteiger partial charge in [0.15, 0.2) is 5.76 Å². The van der Waals surface area contributed by atoms with Crippen molar-refractivity contribution in [3.05, 3.63) is 41.7 Å². The fraction of sp³-hybridized carbons (Fsp3) is 0.400. The molecule has 1 saturated carbocycles. The summed E-state index contributed by atoms with van der Waals surface area (Å²) < 4.78 is 5.73. The summed E-state index contributed by atoms with van der Waals surface area (Å²) in [7, 11) is 0. The number of carbonyl (C=O) groups is 1. The number of aryl methyl sites for hydroxylation is 1. The summed E-state index contributed by atoms with van der Waals surface area (Å²) in [5.41, 5.74) is 2.58. The van der Waals surface area contributed by atoms with Crippen LogP contribution in [0, 0.1) is 6.92 Å². The first-order chi connectivity index (χ1) is 11.7. The fourth-order valence-corrected chi connectivity index (χ4v) is 3.53. The van der Waals surface area contributed by atoms with Crippen molar-refractivity contribution in [2.45, 2.75) is 51.5 Å². The van der Waals surface area contributed by atoms with Crippen LogP contribution in [0.25, 0.3) is 22.0 Å². The van der Waals surface area contributed by atoms with Gasteiger partial charge in [-0.05, 0) is 43.5 Å². The molecule has 0 aliphatic heterocycles. The number of aromatic nitrogens is 1. The molecule has 3 aromatic rings. The van der Waals surface area contributed by atoms with Gasteiger partial charge in [0.2, 0.25) is 5.71 Å². The summed E-state index contributed by atoms with van der Waals surface area (Å²) in [5.74, 6) is 0.230. The van der Waals surface area contributed by atoms with Crippen molar-refractivity contribution in [3.8, 4) is 0 Å². The van der Waals surface area contributed by atoms with Gasteiger partial charge in [-0.25, -0.2) is 4.98 Å². The lowest BCUT2D eigenvalue weighted by molar-refractivity contribution is 0.0907. The highest BCUT2D eigenvalue weighted by Crippen LogP contribution is 2.24. The number of benzene rings is 1. The second kappa shape index (κ2) is 6.27. The van der Waals surface area contributed by atoms with Gasteiger partial charge in [-0.1, -0.05) is 37.8 Å². The van der Waals surface area contributed by atoms with E-state index in [9.17, 15) is 4.79 Å². The Kier molecular flexibility index (Phi) is 3.97. The maximum atomic E-state index is 12.5. The van der Waals surface area contributed by atoms with E-state index in [4.69, 9.17) is 4.42 Å². The second-order valence-corrected chi connectivity index (χ2v) is 6.85. The van der Waals surface area contributed by atoms with Gasteiger partial charge < -0.3 is 9.73 Å². The molecule has 4 rings (SSSR count). The SMILES string of the molecule is Cc1ccc2cc3cc(C(=O)NC4CCCCCC4)oc3nc2c1. The van der Waals surface area contributed by atoms with E-state index >= 15 is 0 Å². The number of hydrogen-bond donors (Lipinski definition) is 1. The minimum atomic E-state index is -0.125. The third-order valence-electron chi connectivity index (χ3n) is 4.87. The first-order valence-electron chi connectivity index (χ1n) is 8.81. The summed E-state index contributed by atoms with van der Waals surface area (Å²) >= 11 is 0. The Hall–Kier alpha value is -2.36. The molecule has 0 spiro atoms. The van der Waals surface area contributed by atoms with Crippen LogP contribution in [0.15, 0.2) is 34.7 Å². The van der Waals surface area contributed by atoms with Crippen molar-refractivity contribution in [1.29, 1.82) is 0 Å². The number of amides is 1. The lowest BCUT2D eigenvalue weighted by Crippen LogP contribution is -2.34. The van der Waals surface area contributed by atoms with Crippen LogP contribution in [0.3, 0.4) is 0 Å². The molecule has 0 unspecified atom stereocenters. The number of nitrogens with zero attached hydrogens (tertiary/aromatic N) is 1. The standard InChI is InChI=1S/C20H22N2O2/c1-13-8-9-14-11-15-12-18(24-20(15)22-17(14)10-13)19(23)21-16-6-4-2-3-5-7-16/h8-12,16H,2-7H2,1H3,(H,21,23). The van der Waals surface area contributed by atoms with Gasteiger partial charge in [0.25, 0.3) is 5.91 Å². The van der Waals surface area contributed by atoms with Gasteiger partial charge in [0, 0.05) is 16.8 Å². The van der Waals surface area contributed by atoms with E-state index in [1.54, 1.807) is 6.07 Å². The predicted molar refractivity (Wildman–Crippen MR) is 95.2 cm³/mol. The molecule has 2 aromatic heterocycles. The Morgan fingerprint density at radius 2 is 1.88 bits per heavy atom. The molecule has 1 aliphatic carbocycles. The molecule has 1 fully saturated rings. The minimum Gasteiger partial charge on any atom is -0.433 e. The van der Waals surface area contributed by atoms with Crippen LogP contribution in [0.2, 0.25) is 0 Å². The lowest BCUT2D eigenvalue weighted by Gasteiger charge is -2.14. The van der Waals surface area contributed by atoms with Crippen molar-refractivity contribution >= 4 is 27.9 Å². The summed E-state index contributed by atoms with van der Waals surface area (Å²) in [6, 6.07) is 10.2. The molecule has 0 radical (unpaired) electrons. The summed E-state index contributed by atoms with van der Waals surface area (Å²) in [4.78, 5) is 17.1. The average molecular weight is 322 g/mol. The minimum absolute atomic E-state index is 0.125. The Balaban J connectivity index is 1.61. The van der Waals surface area contributed by atoms with Crippen molar-refractivity contribution in [3.63, 3.8) is 0 Å². The van der Waals surface area contributed by atoms with Crippen LogP contribution in [0.5, 0.6) is 0 Å². The third kappa shape index (κ3) is 3.01. The van der Waals surface area contributed by atoms with Crippen molar-refractivity contribution in [1.82, 2.24) is 10.3 Å². The van der Waals surface area contributed by atoms with Crippen molar-refractivity contribution < 1.29 is 9.21 Å². The van der Waals surface area contributed by atoms with Gasteiger partial charge in [0.05, 0.1) is 5.52 Å². The Morgan fingerprint density at radius 1 is 1.08 bits per heavy atom. The molecule has 2 heterocycles. The maximum Gasteiger partial charge on any atom is 0.287 e. The first kappa shape index (κ1) is 15.2. The quantitative estimate of drug-likeness (QED) is 0.693. The van der Waals surface area contributed by atoms with E-state index in [1.165, 1.54) is 25.7 Å². The van der Waals surface area contributed by atoms with E-state index in [0.29, 0.717) is 11.5 Å². The highest BCUT2D eigenvalue weighted by Gasteiger charge is 2.19. The van der Waals surface area contributed by atoms with Gasteiger partial charge in [-0.2, -0.15) is 0 Å². The van der Waals surface area contributed by atoms with Crippen LogP contribution in [-0.4, -0.2) is 16.9 Å². The Labute approximate surface area is 141 Å². The molecule has 1 amide bonds. The van der Waals surface area contributed by atoms with Crippen LogP contribution in [0.1, 0.15) is 54.6 Å². The van der Waals surface area contributed by atoms with Crippen molar-refractivity contribution in [2.75, 3.05) is 0 Å². The number of fused-ring (bicyclic) bond motifs is 2. The molecule has 124 valence electrons. The number of pyridine rings is 1. The number of nitrogens with one attached hydrogen (secondary N) is 1. The molecule has 4 nitrogen and oxygen atoms in total. The zero-order chi connectivity index (χ0) is 16.5. The highest BCUT2D eigenvalue weighted by molar-refractivity contribution is 5.98. The van der Waals surface area contributed by atoms with E-state index in [0.717, 1.165) is 34.7 Å². The zero-order valence-corrected chi connectivity index (χ0v) is 14.0. The van der Waals surface area contributed by atoms with Crippen molar-refractivity contribution in [2.24, 2.45) is 0 Å². The molecular formula is C20H22N2O2.